The van der Waals surface area contributed by atoms with E-state index < -0.39 is 0 Å². The Morgan fingerprint density at radius 3 is 1.18 bits per heavy atom. The van der Waals surface area contributed by atoms with Gasteiger partial charge in [0.1, 0.15) is 0 Å². The fourth-order valence-electron chi connectivity index (χ4n) is 12.4. The number of hydrogen-bond donors (Lipinski definition) is 0. The molecule has 0 atom stereocenters. The van der Waals surface area contributed by atoms with Crippen LogP contribution in [-0.2, 0) is 0 Å². The van der Waals surface area contributed by atoms with Gasteiger partial charge in [0.25, 0.3) is 0 Å². The van der Waals surface area contributed by atoms with Gasteiger partial charge in [-0.05, 0) is 84.9 Å². The van der Waals surface area contributed by atoms with E-state index in [1.165, 1.54) is 43.4 Å². The topological polar surface area (TPSA) is 45.5 Å². The summed E-state index contributed by atoms with van der Waals surface area (Å²) in [4.78, 5) is 11.0. The molecule has 0 amide bonds. The van der Waals surface area contributed by atoms with Crippen molar-refractivity contribution in [2.45, 2.75) is 0 Å². The highest BCUT2D eigenvalue weighted by molar-refractivity contribution is 6.29. The molecular weight excluding hydrogens is 925 g/mol. The fourth-order valence-corrected chi connectivity index (χ4v) is 12.4. The standard InChI is InChI=1S/C70H44N6/c1-6-22-45(23-7-1)58-44-59(72-70(71-58)46-24-8-2-9-25-46)56-42-50(73-62-37-21-18-34-55(62)65-63(73)40-38-53-51-32-16-19-35-60(51)74(68(53)65)47-26-10-3-11-27-47)43-57-66-64(76(67(56)57)49-30-14-5-15-31-49)41-39-54-52-33-17-20-36-61(52)75(69(54)66)48-28-12-4-13-29-48/h1-44H. The Labute approximate surface area is 436 Å². The molecule has 354 valence electrons. The summed E-state index contributed by atoms with van der Waals surface area (Å²) in [5.74, 6) is 0.664. The minimum Gasteiger partial charge on any atom is -0.309 e. The van der Waals surface area contributed by atoms with Crippen LogP contribution in [-0.4, -0.2) is 28.2 Å². The van der Waals surface area contributed by atoms with Gasteiger partial charge in [0.2, 0.25) is 0 Å². The quantitative estimate of drug-likeness (QED) is 0.160. The van der Waals surface area contributed by atoms with E-state index in [9.17, 15) is 0 Å². The van der Waals surface area contributed by atoms with Crippen LogP contribution >= 0.6 is 0 Å². The van der Waals surface area contributed by atoms with E-state index in [0.717, 1.165) is 94.7 Å². The van der Waals surface area contributed by atoms with Gasteiger partial charge in [-0.25, -0.2) is 9.97 Å². The SMILES string of the molecule is c1ccc(-c2cc(-c3cc(-n4c5ccccc5c5c4ccc4c6ccccc6n(-c6ccccc6)c45)cc4c5c(ccc6c7ccccc7n(-c7ccccc7)c65)n(-c5ccccc5)c34)nc(-c3ccccc3)n2)cc1. The summed E-state index contributed by atoms with van der Waals surface area (Å²) in [5, 5.41) is 9.50. The maximum Gasteiger partial charge on any atom is 0.160 e. The Kier molecular flexibility index (Phi) is 9.23. The van der Waals surface area contributed by atoms with Crippen LogP contribution in [0.2, 0.25) is 0 Å². The maximum atomic E-state index is 5.63. The summed E-state index contributed by atoms with van der Waals surface area (Å²) in [6, 6.07) is 96.3. The minimum atomic E-state index is 0.664. The third-order valence-corrected chi connectivity index (χ3v) is 15.5. The molecule has 6 nitrogen and oxygen atoms in total. The second-order valence-electron chi connectivity index (χ2n) is 19.7. The maximum absolute atomic E-state index is 5.63. The van der Waals surface area contributed by atoms with Crippen molar-refractivity contribution >= 4 is 87.2 Å². The summed E-state index contributed by atoms with van der Waals surface area (Å²) in [5.41, 5.74) is 18.0. The summed E-state index contributed by atoms with van der Waals surface area (Å²) in [7, 11) is 0. The number of benzene rings is 11. The first-order valence-corrected chi connectivity index (χ1v) is 25.9. The number of rotatable bonds is 7. The Morgan fingerprint density at radius 2 is 0.645 bits per heavy atom. The molecule has 0 N–H and O–H groups in total. The van der Waals surface area contributed by atoms with Crippen molar-refractivity contribution in [2.24, 2.45) is 0 Å². The van der Waals surface area contributed by atoms with Gasteiger partial charge in [0.15, 0.2) is 5.82 Å². The lowest BCUT2D eigenvalue weighted by molar-refractivity contribution is 1.15. The lowest BCUT2D eigenvalue weighted by Crippen LogP contribution is -2.01. The number of hydrogen-bond acceptors (Lipinski definition) is 2. The van der Waals surface area contributed by atoms with Crippen molar-refractivity contribution in [1.29, 1.82) is 0 Å². The van der Waals surface area contributed by atoms with Crippen LogP contribution < -0.4 is 0 Å². The second kappa shape index (κ2) is 16.6. The normalized spacial score (nSPS) is 11.9. The van der Waals surface area contributed by atoms with Gasteiger partial charge in [-0.3, -0.25) is 0 Å². The highest BCUT2D eigenvalue weighted by Crippen LogP contribution is 2.48. The van der Waals surface area contributed by atoms with Crippen molar-refractivity contribution in [3.05, 3.63) is 267 Å². The van der Waals surface area contributed by atoms with E-state index in [-0.39, 0.29) is 0 Å². The van der Waals surface area contributed by atoms with E-state index in [1.807, 2.05) is 6.07 Å². The molecule has 0 aliphatic rings. The van der Waals surface area contributed by atoms with E-state index in [4.69, 9.17) is 9.97 Å². The van der Waals surface area contributed by atoms with Crippen LogP contribution in [0.5, 0.6) is 0 Å². The number of aromatic nitrogens is 6. The smallest absolute Gasteiger partial charge is 0.160 e. The van der Waals surface area contributed by atoms with Gasteiger partial charge in [-0.1, -0.05) is 182 Å². The van der Waals surface area contributed by atoms with Crippen LogP contribution in [0.1, 0.15) is 0 Å². The van der Waals surface area contributed by atoms with Crippen molar-refractivity contribution in [2.75, 3.05) is 0 Å². The molecule has 0 aliphatic heterocycles. The van der Waals surface area contributed by atoms with Crippen LogP contribution in [0.15, 0.2) is 267 Å². The highest BCUT2D eigenvalue weighted by atomic mass is 15.0. The van der Waals surface area contributed by atoms with Gasteiger partial charge in [-0.2, -0.15) is 0 Å². The molecule has 6 heteroatoms. The number of fused-ring (bicyclic) bond motifs is 14. The highest BCUT2D eigenvalue weighted by Gasteiger charge is 2.27. The average molecular weight is 969 g/mol. The zero-order valence-electron chi connectivity index (χ0n) is 41.1. The lowest BCUT2D eigenvalue weighted by Gasteiger charge is -2.16. The molecule has 0 spiro atoms. The molecule has 0 fully saturated rings. The fraction of sp³-hybridized carbons (Fsp3) is 0. The first-order chi connectivity index (χ1) is 37.7. The molecular formula is C70H44N6. The number of nitrogens with zero attached hydrogens (tertiary/aromatic N) is 6. The molecule has 16 rings (SSSR count). The van der Waals surface area contributed by atoms with Crippen molar-refractivity contribution < 1.29 is 0 Å². The summed E-state index contributed by atoms with van der Waals surface area (Å²) < 4.78 is 9.90. The minimum absolute atomic E-state index is 0.664. The molecule has 0 unspecified atom stereocenters. The Morgan fingerprint density at radius 1 is 0.237 bits per heavy atom. The van der Waals surface area contributed by atoms with Gasteiger partial charge in [0, 0.05) is 82.5 Å². The predicted molar refractivity (Wildman–Crippen MR) is 316 cm³/mol. The average Bonchev–Trinajstić information content (AvgIpc) is 4.26. The second-order valence-corrected chi connectivity index (χ2v) is 19.7. The van der Waals surface area contributed by atoms with E-state index in [1.54, 1.807) is 0 Å². The Hall–Kier alpha value is -10.3. The molecule has 0 saturated heterocycles. The molecule has 16 aromatic rings. The zero-order chi connectivity index (χ0) is 49.8. The molecule has 5 aromatic heterocycles. The van der Waals surface area contributed by atoms with Gasteiger partial charge >= 0.3 is 0 Å². The molecule has 5 heterocycles. The van der Waals surface area contributed by atoms with E-state index in [2.05, 4.69) is 279 Å². The zero-order valence-corrected chi connectivity index (χ0v) is 41.1. The third kappa shape index (κ3) is 6.22. The van der Waals surface area contributed by atoms with Crippen LogP contribution in [0.4, 0.5) is 0 Å². The van der Waals surface area contributed by atoms with Gasteiger partial charge in [0.05, 0.1) is 55.5 Å². The molecule has 11 aromatic carbocycles. The van der Waals surface area contributed by atoms with Crippen molar-refractivity contribution in [1.82, 2.24) is 28.2 Å². The third-order valence-electron chi connectivity index (χ3n) is 15.5. The summed E-state index contributed by atoms with van der Waals surface area (Å²) >= 11 is 0. The van der Waals surface area contributed by atoms with Crippen molar-refractivity contribution in [3.8, 4) is 56.7 Å². The van der Waals surface area contributed by atoms with Gasteiger partial charge < -0.3 is 18.3 Å². The molecule has 0 bridgehead atoms. The largest absolute Gasteiger partial charge is 0.309 e. The molecule has 0 aliphatic carbocycles. The molecule has 76 heavy (non-hydrogen) atoms. The van der Waals surface area contributed by atoms with E-state index >= 15 is 0 Å². The molecule has 0 radical (unpaired) electrons. The number of para-hydroxylation sites is 6. The first kappa shape index (κ1) is 42.2. The van der Waals surface area contributed by atoms with Crippen LogP contribution in [0.3, 0.4) is 0 Å². The summed E-state index contributed by atoms with van der Waals surface area (Å²) in [6.07, 6.45) is 0. The van der Waals surface area contributed by atoms with Crippen molar-refractivity contribution in [3.63, 3.8) is 0 Å². The lowest BCUT2D eigenvalue weighted by atomic mass is 10.0. The first-order valence-electron chi connectivity index (χ1n) is 25.9. The van der Waals surface area contributed by atoms with E-state index in [0.29, 0.717) is 5.82 Å². The Balaban J connectivity index is 1.12. The Bertz CT molecular complexity index is 4890. The van der Waals surface area contributed by atoms with Crippen LogP contribution in [0.25, 0.3) is 144 Å². The predicted octanol–water partition coefficient (Wildman–Crippen LogP) is 17.9. The van der Waals surface area contributed by atoms with Crippen LogP contribution in [0, 0.1) is 0 Å². The summed E-state index contributed by atoms with van der Waals surface area (Å²) in [6.45, 7) is 0. The monoisotopic (exact) mass is 968 g/mol. The van der Waals surface area contributed by atoms with Gasteiger partial charge in [-0.15, -0.1) is 0 Å². The molecule has 0 saturated carbocycles.